The van der Waals surface area contributed by atoms with E-state index in [1.165, 1.54) is 19.2 Å². The summed E-state index contributed by atoms with van der Waals surface area (Å²) in [7, 11) is -2.13. The molecule has 1 aromatic carbocycles. The fourth-order valence-electron chi connectivity index (χ4n) is 1.23. The van der Waals surface area contributed by atoms with E-state index in [0.717, 1.165) is 0 Å². The van der Waals surface area contributed by atoms with Gasteiger partial charge in [0.15, 0.2) is 9.84 Å². The summed E-state index contributed by atoms with van der Waals surface area (Å²) in [4.78, 5) is 0.0786. The second-order valence-corrected chi connectivity index (χ2v) is 5.58. The lowest BCUT2D eigenvalue weighted by Crippen LogP contribution is -2.07. The number of sulfone groups is 1. The molecule has 0 radical (unpaired) electrons. The van der Waals surface area contributed by atoms with Crippen molar-refractivity contribution in [1.29, 1.82) is 0 Å². The Bertz CT molecular complexity index is 541. The van der Waals surface area contributed by atoms with Crippen LogP contribution < -0.4 is 4.74 Å². The smallest absolute Gasteiger partial charge is 0.193 e. The Morgan fingerprint density at radius 3 is 2.62 bits per heavy atom. The lowest BCUT2D eigenvalue weighted by molar-refractivity contribution is 0.402. The predicted octanol–water partition coefficient (Wildman–Crippen LogP) is 2.06. The number of hydrogen-bond acceptors (Lipinski definition) is 3. The van der Waals surface area contributed by atoms with Crippen molar-refractivity contribution in [2.75, 3.05) is 12.9 Å². The van der Waals surface area contributed by atoms with E-state index in [1.807, 2.05) is 0 Å². The van der Waals surface area contributed by atoms with Gasteiger partial charge in [-0.3, -0.25) is 0 Å². The molecule has 16 heavy (non-hydrogen) atoms. The normalized spacial score (nSPS) is 10.9. The first-order valence-corrected chi connectivity index (χ1v) is 6.45. The van der Waals surface area contributed by atoms with Crippen molar-refractivity contribution < 1.29 is 13.2 Å². The van der Waals surface area contributed by atoms with Crippen LogP contribution in [0.25, 0.3) is 0 Å². The molecule has 5 heteroatoms. The second-order valence-electron chi connectivity index (χ2n) is 3.22. The monoisotopic (exact) mass is 258 g/mol. The minimum absolute atomic E-state index is 0.0786. The van der Waals surface area contributed by atoms with Crippen LogP contribution in [0.4, 0.5) is 0 Å². The third-order valence-corrected chi connectivity index (χ3v) is 4.00. The van der Waals surface area contributed by atoms with E-state index in [0.29, 0.717) is 10.6 Å². The van der Waals surface area contributed by atoms with Crippen molar-refractivity contribution >= 4 is 21.4 Å². The highest BCUT2D eigenvalue weighted by molar-refractivity contribution is 7.91. The molecular formula is C11H11ClO3S. The van der Waals surface area contributed by atoms with Crippen molar-refractivity contribution in [3.05, 3.63) is 22.7 Å². The molecule has 0 fully saturated rings. The summed E-state index contributed by atoms with van der Waals surface area (Å²) in [6.45, 7) is 1.72. The van der Waals surface area contributed by atoms with Crippen molar-refractivity contribution in [1.82, 2.24) is 0 Å². The van der Waals surface area contributed by atoms with Gasteiger partial charge in [-0.15, -0.1) is 6.42 Å². The molecule has 0 N–H and O–H groups in total. The van der Waals surface area contributed by atoms with Gasteiger partial charge in [0, 0.05) is 11.1 Å². The van der Waals surface area contributed by atoms with Gasteiger partial charge in [0.25, 0.3) is 0 Å². The van der Waals surface area contributed by atoms with Crippen LogP contribution >= 0.6 is 11.6 Å². The third kappa shape index (κ3) is 2.49. The number of aryl methyl sites for hydroxylation is 1. The maximum atomic E-state index is 11.8. The highest BCUT2D eigenvalue weighted by Gasteiger charge is 2.19. The van der Waals surface area contributed by atoms with E-state index in [9.17, 15) is 8.42 Å². The highest BCUT2D eigenvalue weighted by Crippen LogP contribution is 2.30. The van der Waals surface area contributed by atoms with Crippen LogP contribution in [0.5, 0.6) is 5.75 Å². The van der Waals surface area contributed by atoms with Crippen LogP contribution in [0.3, 0.4) is 0 Å². The number of halogens is 1. The van der Waals surface area contributed by atoms with Crippen LogP contribution in [0, 0.1) is 19.3 Å². The maximum Gasteiger partial charge on any atom is 0.193 e. The van der Waals surface area contributed by atoms with Gasteiger partial charge in [0.1, 0.15) is 16.4 Å². The molecule has 0 aromatic heterocycles. The molecule has 0 saturated carbocycles. The average Bonchev–Trinajstić information content (AvgIpc) is 2.21. The molecule has 0 bridgehead atoms. The maximum absolute atomic E-state index is 11.8. The highest BCUT2D eigenvalue weighted by atomic mass is 35.5. The van der Waals surface area contributed by atoms with Gasteiger partial charge in [-0.05, 0) is 18.6 Å². The second kappa shape index (κ2) is 4.77. The van der Waals surface area contributed by atoms with Crippen molar-refractivity contribution in [3.8, 4) is 18.1 Å². The average molecular weight is 259 g/mol. The number of hydrogen-bond donors (Lipinski definition) is 0. The first kappa shape index (κ1) is 12.9. The van der Waals surface area contributed by atoms with Gasteiger partial charge >= 0.3 is 0 Å². The Morgan fingerprint density at radius 1 is 1.50 bits per heavy atom. The van der Waals surface area contributed by atoms with Gasteiger partial charge in [-0.25, -0.2) is 8.42 Å². The molecule has 3 nitrogen and oxygen atoms in total. The Labute approximate surface area is 100 Å². The summed E-state index contributed by atoms with van der Waals surface area (Å²) in [5.41, 5.74) is 0.665. The standard InChI is InChI=1S/C11H11ClO3S/c1-4-5-16(13,14)11-6-8(2)9(12)7-10(11)15-3/h1,6-7H,5H2,2-3H3. The van der Waals surface area contributed by atoms with Crippen LogP contribution in [0.15, 0.2) is 17.0 Å². The largest absolute Gasteiger partial charge is 0.495 e. The zero-order chi connectivity index (χ0) is 12.3. The van der Waals surface area contributed by atoms with Gasteiger partial charge in [0.05, 0.1) is 7.11 Å². The van der Waals surface area contributed by atoms with Gasteiger partial charge in [0.2, 0.25) is 0 Å². The number of methoxy groups -OCH3 is 1. The predicted molar refractivity (Wildman–Crippen MR) is 63.6 cm³/mol. The Balaban J connectivity index is 3.45. The molecule has 0 aliphatic heterocycles. The van der Waals surface area contributed by atoms with E-state index in [1.54, 1.807) is 6.92 Å². The number of terminal acetylenes is 1. The van der Waals surface area contributed by atoms with Crippen LogP contribution in [0.1, 0.15) is 5.56 Å². The first-order valence-electron chi connectivity index (χ1n) is 4.42. The molecule has 86 valence electrons. The summed E-state index contributed by atoms with van der Waals surface area (Å²) in [5, 5.41) is 0.455. The Kier molecular flexibility index (Phi) is 3.84. The molecular weight excluding hydrogens is 248 g/mol. The SMILES string of the molecule is C#CCS(=O)(=O)c1cc(C)c(Cl)cc1OC. The van der Waals surface area contributed by atoms with Gasteiger partial charge < -0.3 is 4.74 Å². The molecule has 1 rings (SSSR count). The zero-order valence-electron chi connectivity index (χ0n) is 8.95. The summed E-state index contributed by atoms with van der Waals surface area (Å²) < 4.78 is 28.6. The minimum Gasteiger partial charge on any atom is -0.495 e. The van der Waals surface area contributed by atoms with E-state index in [4.69, 9.17) is 22.8 Å². The van der Waals surface area contributed by atoms with Crippen molar-refractivity contribution in [2.24, 2.45) is 0 Å². The lowest BCUT2D eigenvalue weighted by Gasteiger charge is -2.10. The van der Waals surface area contributed by atoms with E-state index in [2.05, 4.69) is 5.92 Å². The van der Waals surface area contributed by atoms with Crippen LogP contribution in [0.2, 0.25) is 5.02 Å². The van der Waals surface area contributed by atoms with Crippen molar-refractivity contribution in [3.63, 3.8) is 0 Å². The minimum atomic E-state index is -3.51. The summed E-state index contributed by atoms with van der Waals surface area (Å²) >= 11 is 5.88. The number of rotatable bonds is 3. The number of benzene rings is 1. The van der Waals surface area contributed by atoms with Gasteiger partial charge in [-0.2, -0.15) is 0 Å². The molecule has 1 aromatic rings. The van der Waals surface area contributed by atoms with Crippen molar-refractivity contribution in [2.45, 2.75) is 11.8 Å². The summed E-state index contributed by atoms with van der Waals surface area (Å²) in [6.07, 6.45) is 5.02. The molecule has 0 spiro atoms. The van der Waals surface area contributed by atoms with E-state index in [-0.39, 0.29) is 16.4 Å². The molecule has 0 atom stereocenters. The van der Waals surface area contributed by atoms with Gasteiger partial charge in [-0.1, -0.05) is 17.5 Å². The first-order chi connectivity index (χ1) is 7.42. The van der Waals surface area contributed by atoms with Crippen LogP contribution in [-0.4, -0.2) is 21.3 Å². The molecule has 0 aliphatic rings. The third-order valence-electron chi connectivity index (χ3n) is 2.05. The quantitative estimate of drug-likeness (QED) is 0.780. The molecule has 0 unspecified atom stereocenters. The topological polar surface area (TPSA) is 43.4 Å². The lowest BCUT2D eigenvalue weighted by atomic mass is 10.2. The van der Waals surface area contributed by atoms with E-state index >= 15 is 0 Å². The fourth-order valence-corrected chi connectivity index (χ4v) is 2.56. The van der Waals surface area contributed by atoms with E-state index < -0.39 is 9.84 Å². The van der Waals surface area contributed by atoms with Crippen LogP contribution in [-0.2, 0) is 9.84 Å². The number of ether oxygens (including phenoxy) is 1. The Morgan fingerprint density at radius 2 is 2.12 bits per heavy atom. The molecule has 0 amide bonds. The molecule has 0 heterocycles. The summed E-state index contributed by atoms with van der Waals surface area (Å²) in [5.74, 6) is 1.97. The Hall–Kier alpha value is -1.18. The molecule has 0 aliphatic carbocycles. The zero-order valence-corrected chi connectivity index (χ0v) is 10.5. The summed E-state index contributed by atoms with van der Waals surface area (Å²) in [6, 6.07) is 2.94. The fraction of sp³-hybridized carbons (Fsp3) is 0.273. The molecule has 0 saturated heterocycles.